The summed E-state index contributed by atoms with van der Waals surface area (Å²) in [5.41, 5.74) is 4.73. The average molecular weight is 327 g/mol. The quantitative estimate of drug-likeness (QED) is 0.741. The average Bonchev–Trinajstić information content (AvgIpc) is 3.22. The van der Waals surface area contributed by atoms with E-state index in [2.05, 4.69) is 41.1 Å². The van der Waals surface area contributed by atoms with Gasteiger partial charge >= 0.3 is 0 Å². The first-order valence-electron chi connectivity index (χ1n) is 7.62. The molecule has 3 aromatic rings. The highest BCUT2D eigenvalue weighted by molar-refractivity contribution is 7.07. The zero-order valence-corrected chi connectivity index (χ0v) is 14.4. The van der Waals surface area contributed by atoms with Gasteiger partial charge in [0, 0.05) is 23.8 Å². The molecule has 0 saturated carbocycles. The molecule has 0 aliphatic carbocycles. The molecule has 2 aromatic heterocycles. The van der Waals surface area contributed by atoms with Gasteiger partial charge in [0.25, 0.3) is 0 Å². The third kappa shape index (κ3) is 3.46. The first-order chi connectivity index (χ1) is 11.2. The van der Waals surface area contributed by atoms with Crippen LogP contribution in [0, 0.1) is 6.92 Å². The molecule has 5 heteroatoms. The number of aromatic nitrogens is 2. The van der Waals surface area contributed by atoms with Crippen molar-refractivity contribution < 1.29 is 4.74 Å². The number of benzene rings is 1. The smallest absolute Gasteiger partial charge is 0.119 e. The third-order valence-corrected chi connectivity index (χ3v) is 4.76. The first kappa shape index (κ1) is 15.8. The Bertz CT molecular complexity index is 747. The predicted octanol–water partition coefficient (Wildman–Crippen LogP) is 4.10. The van der Waals surface area contributed by atoms with Gasteiger partial charge in [0.15, 0.2) is 0 Å². The fourth-order valence-electron chi connectivity index (χ4n) is 2.61. The number of rotatable bonds is 6. The summed E-state index contributed by atoms with van der Waals surface area (Å²) < 4.78 is 7.18. The Hall–Kier alpha value is -2.11. The minimum Gasteiger partial charge on any atom is -0.497 e. The normalized spacial score (nSPS) is 12.3. The predicted molar refractivity (Wildman–Crippen MR) is 94.4 cm³/mol. The van der Waals surface area contributed by atoms with Gasteiger partial charge < -0.3 is 10.1 Å². The van der Waals surface area contributed by atoms with Gasteiger partial charge in [-0.2, -0.15) is 16.4 Å². The molecule has 2 heterocycles. The second-order valence-electron chi connectivity index (χ2n) is 5.53. The SMILES string of the molecule is COc1ccc(-n2ncc([C@@H](C)NCc3ccsc3)c2C)cc1. The van der Waals surface area contributed by atoms with E-state index in [4.69, 9.17) is 4.74 Å². The van der Waals surface area contributed by atoms with Crippen LogP contribution in [0.2, 0.25) is 0 Å². The molecule has 0 amide bonds. The fourth-order valence-corrected chi connectivity index (χ4v) is 3.27. The van der Waals surface area contributed by atoms with Gasteiger partial charge in [0.1, 0.15) is 5.75 Å². The van der Waals surface area contributed by atoms with Gasteiger partial charge in [-0.15, -0.1) is 0 Å². The van der Waals surface area contributed by atoms with Crippen LogP contribution >= 0.6 is 11.3 Å². The third-order valence-electron chi connectivity index (χ3n) is 4.02. The van der Waals surface area contributed by atoms with Gasteiger partial charge in [0.05, 0.1) is 19.0 Å². The summed E-state index contributed by atoms with van der Waals surface area (Å²) in [6.07, 6.45) is 1.95. The monoisotopic (exact) mass is 327 g/mol. The lowest BCUT2D eigenvalue weighted by atomic mass is 10.1. The molecule has 0 spiro atoms. The molecule has 0 unspecified atom stereocenters. The van der Waals surface area contributed by atoms with Crippen molar-refractivity contribution in [2.45, 2.75) is 26.4 Å². The van der Waals surface area contributed by atoms with Crippen LogP contribution in [-0.4, -0.2) is 16.9 Å². The Morgan fingerprint density at radius 3 is 2.70 bits per heavy atom. The van der Waals surface area contributed by atoms with E-state index < -0.39 is 0 Å². The number of methoxy groups -OCH3 is 1. The van der Waals surface area contributed by atoms with E-state index in [1.54, 1.807) is 18.4 Å². The molecular formula is C18H21N3OS. The molecule has 120 valence electrons. The number of hydrogen-bond acceptors (Lipinski definition) is 4. The summed E-state index contributed by atoms with van der Waals surface area (Å²) >= 11 is 1.73. The van der Waals surface area contributed by atoms with Crippen LogP contribution in [0.5, 0.6) is 5.75 Å². The molecule has 4 nitrogen and oxygen atoms in total. The molecule has 0 radical (unpaired) electrons. The highest BCUT2D eigenvalue weighted by atomic mass is 32.1. The number of hydrogen-bond donors (Lipinski definition) is 1. The van der Waals surface area contributed by atoms with Crippen molar-refractivity contribution in [3.8, 4) is 11.4 Å². The number of thiophene rings is 1. The molecule has 0 aliphatic heterocycles. The van der Waals surface area contributed by atoms with Crippen LogP contribution < -0.4 is 10.1 Å². The Labute approximate surface area is 140 Å². The van der Waals surface area contributed by atoms with Crippen molar-refractivity contribution in [1.29, 1.82) is 0 Å². The zero-order chi connectivity index (χ0) is 16.2. The molecule has 23 heavy (non-hydrogen) atoms. The van der Waals surface area contributed by atoms with E-state index in [-0.39, 0.29) is 6.04 Å². The van der Waals surface area contributed by atoms with E-state index in [1.807, 2.05) is 35.1 Å². The summed E-state index contributed by atoms with van der Waals surface area (Å²) in [7, 11) is 1.67. The second kappa shape index (κ2) is 6.98. The van der Waals surface area contributed by atoms with Gasteiger partial charge in [0.2, 0.25) is 0 Å². The van der Waals surface area contributed by atoms with E-state index in [0.29, 0.717) is 0 Å². The van der Waals surface area contributed by atoms with Crippen LogP contribution in [0.3, 0.4) is 0 Å². The lowest BCUT2D eigenvalue weighted by Gasteiger charge is -2.13. The van der Waals surface area contributed by atoms with E-state index in [0.717, 1.165) is 23.7 Å². The largest absolute Gasteiger partial charge is 0.497 e. The molecule has 3 rings (SSSR count). The van der Waals surface area contributed by atoms with Gasteiger partial charge in [-0.25, -0.2) is 4.68 Å². The summed E-state index contributed by atoms with van der Waals surface area (Å²) in [4.78, 5) is 0. The Morgan fingerprint density at radius 2 is 2.04 bits per heavy atom. The maximum Gasteiger partial charge on any atom is 0.119 e. The van der Waals surface area contributed by atoms with Crippen LogP contribution in [0.4, 0.5) is 0 Å². The number of nitrogens with one attached hydrogen (secondary N) is 1. The lowest BCUT2D eigenvalue weighted by Crippen LogP contribution is -2.18. The maximum absolute atomic E-state index is 5.21. The minimum absolute atomic E-state index is 0.252. The highest BCUT2D eigenvalue weighted by Crippen LogP contribution is 2.22. The maximum atomic E-state index is 5.21. The summed E-state index contributed by atoms with van der Waals surface area (Å²) in [6, 6.07) is 10.3. The van der Waals surface area contributed by atoms with Crippen LogP contribution in [-0.2, 0) is 6.54 Å². The van der Waals surface area contributed by atoms with E-state index in [9.17, 15) is 0 Å². The molecule has 0 bridgehead atoms. The number of nitrogens with zero attached hydrogens (tertiary/aromatic N) is 2. The summed E-state index contributed by atoms with van der Waals surface area (Å²) in [6.45, 7) is 5.15. The van der Waals surface area contributed by atoms with Gasteiger partial charge in [-0.3, -0.25) is 0 Å². The summed E-state index contributed by atoms with van der Waals surface area (Å²) in [5, 5.41) is 12.4. The van der Waals surface area contributed by atoms with Crippen LogP contribution in [0.15, 0.2) is 47.3 Å². The van der Waals surface area contributed by atoms with Gasteiger partial charge in [-0.05, 0) is 60.5 Å². The molecule has 0 aliphatic rings. The second-order valence-corrected chi connectivity index (χ2v) is 6.31. The Balaban J connectivity index is 1.75. The van der Waals surface area contributed by atoms with Crippen molar-refractivity contribution in [2.24, 2.45) is 0 Å². The molecule has 0 fully saturated rings. The van der Waals surface area contributed by atoms with Crippen molar-refractivity contribution in [2.75, 3.05) is 7.11 Å². The molecule has 0 saturated heterocycles. The fraction of sp³-hybridized carbons (Fsp3) is 0.278. The minimum atomic E-state index is 0.252. The molecule has 1 aromatic carbocycles. The van der Waals surface area contributed by atoms with Gasteiger partial charge in [-0.1, -0.05) is 0 Å². The highest BCUT2D eigenvalue weighted by Gasteiger charge is 2.14. The first-order valence-corrected chi connectivity index (χ1v) is 8.56. The standard InChI is InChI=1S/C18H21N3OS/c1-13(19-10-15-8-9-23-12-15)18-11-20-21(14(18)2)16-4-6-17(22-3)7-5-16/h4-9,11-13,19H,10H2,1-3H3/t13-/m1/s1. The number of ether oxygens (including phenoxy) is 1. The lowest BCUT2D eigenvalue weighted by molar-refractivity contribution is 0.414. The zero-order valence-electron chi connectivity index (χ0n) is 13.6. The van der Waals surface area contributed by atoms with Crippen LogP contribution in [0.25, 0.3) is 5.69 Å². The van der Waals surface area contributed by atoms with E-state index >= 15 is 0 Å². The van der Waals surface area contributed by atoms with Crippen molar-refractivity contribution in [3.63, 3.8) is 0 Å². The molecule has 1 N–H and O–H groups in total. The Morgan fingerprint density at radius 1 is 1.26 bits per heavy atom. The molecular weight excluding hydrogens is 306 g/mol. The Kier molecular flexibility index (Phi) is 4.79. The topological polar surface area (TPSA) is 39.1 Å². The van der Waals surface area contributed by atoms with Crippen molar-refractivity contribution in [1.82, 2.24) is 15.1 Å². The van der Waals surface area contributed by atoms with E-state index in [1.165, 1.54) is 11.1 Å². The summed E-state index contributed by atoms with van der Waals surface area (Å²) in [5.74, 6) is 0.851. The van der Waals surface area contributed by atoms with Crippen LogP contribution in [0.1, 0.15) is 29.8 Å². The molecule has 1 atom stereocenters. The van der Waals surface area contributed by atoms with Crippen molar-refractivity contribution >= 4 is 11.3 Å². The van der Waals surface area contributed by atoms with Crippen molar-refractivity contribution in [3.05, 3.63) is 64.1 Å².